The molecule has 0 saturated carbocycles. The molecule has 1 amide bonds. The third kappa shape index (κ3) is 3.38. The summed E-state index contributed by atoms with van der Waals surface area (Å²) in [5.41, 5.74) is 1.86. The Morgan fingerprint density at radius 1 is 1.33 bits per heavy atom. The van der Waals surface area contributed by atoms with E-state index in [0.29, 0.717) is 11.3 Å². The Morgan fingerprint density at radius 2 is 2.05 bits per heavy atom. The molecule has 0 unspecified atom stereocenters. The van der Waals surface area contributed by atoms with Crippen molar-refractivity contribution in [2.24, 2.45) is 0 Å². The number of carboxylic acid groups (broad SMARTS) is 1. The predicted octanol–water partition coefficient (Wildman–Crippen LogP) is 1.86. The first kappa shape index (κ1) is 15.0. The Hall–Kier alpha value is -2.41. The molecule has 1 aromatic carbocycles. The van der Waals surface area contributed by atoms with Gasteiger partial charge in [0, 0.05) is 16.8 Å². The first-order valence-electron chi connectivity index (χ1n) is 6.17. The molecular weight excluding hydrogens is 292 g/mol. The van der Waals surface area contributed by atoms with E-state index in [-0.39, 0.29) is 22.9 Å². The number of anilines is 1. The second kappa shape index (κ2) is 5.92. The molecule has 0 saturated heterocycles. The van der Waals surface area contributed by atoms with Crippen molar-refractivity contribution in [3.05, 3.63) is 50.1 Å². The molecule has 0 aliphatic rings. The Labute approximate surface area is 124 Å². The average Bonchev–Trinajstić information content (AvgIpc) is 2.72. The average molecular weight is 306 g/mol. The fourth-order valence-electron chi connectivity index (χ4n) is 1.87. The van der Waals surface area contributed by atoms with E-state index in [4.69, 9.17) is 5.11 Å². The second-order valence-corrected chi connectivity index (χ2v) is 5.43. The Kier molecular flexibility index (Phi) is 4.23. The number of carbonyl (C=O) groups excluding carboxylic acids is 1. The molecule has 110 valence electrons. The van der Waals surface area contributed by atoms with Crippen molar-refractivity contribution in [3.63, 3.8) is 0 Å². The molecule has 0 aliphatic heterocycles. The van der Waals surface area contributed by atoms with E-state index < -0.39 is 5.97 Å². The van der Waals surface area contributed by atoms with Crippen LogP contribution in [-0.4, -0.2) is 21.6 Å². The van der Waals surface area contributed by atoms with Gasteiger partial charge in [0.1, 0.15) is 6.54 Å². The Morgan fingerprint density at radius 3 is 2.62 bits per heavy atom. The lowest BCUT2D eigenvalue weighted by molar-refractivity contribution is -0.116. The van der Waals surface area contributed by atoms with Crippen LogP contribution in [0.4, 0.5) is 5.69 Å². The number of amides is 1. The maximum Gasteiger partial charge on any atom is 0.336 e. The van der Waals surface area contributed by atoms with Crippen molar-refractivity contribution in [2.45, 2.75) is 20.4 Å². The number of nitrogens with one attached hydrogen (secondary N) is 1. The van der Waals surface area contributed by atoms with Crippen LogP contribution in [0, 0.1) is 13.8 Å². The molecule has 0 bridgehead atoms. The number of aryl methyl sites for hydroxylation is 2. The monoisotopic (exact) mass is 306 g/mol. The molecule has 0 fully saturated rings. The Balaban J connectivity index is 2.15. The first-order valence-corrected chi connectivity index (χ1v) is 7.05. The van der Waals surface area contributed by atoms with Crippen LogP contribution in [0.2, 0.25) is 0 Å². The number of aromatic nitrogens is 1. The number of benzene rings is 1. The van der Waals surface area contributed by atoms with Gasteiger partial charge in [-0.1, -0.05) is 17.4 Å². The molecule has 0 radical (unpaired) electrons. The number of carbonyl (C=O) groups is 2. The molecule has 2 aromatic rings. The SMILES string of the molecule is Cc1ccc(NC(=O)Cn2c(C)csc2=O)cc1C(=O)O. The van der Waals surface area contributed by atoms with Gasteiger partial charge in [-0.3, -0.25) is 14.2 Å². The molecule has 7 heteroatoms. The first-order chi connectivity index (χ1) is 9.88. The van der Waals surface area contributed by atoms with Gasteiger partial charge in [-0.2, -0.15) is 0 Å². The third-order valence-corrected chi connectivity index (χ3v) is 3.91. The van der Waals surface area contributed by atoms with Crippen LogP contribution < -0.4 is 10.2 Å². The van der Waals surface area contributed by atoms with Gasteiger partial charge in [-0.25, -0.2) is 4.79 Å². The van der Waals surface area contributed by atoms with Gasteiger partial charge in [-0.05, 0) is 31.5 Å². The maximum atomic E-state index is 11.9. The van der Waals surface area contributed by atoms with E-state index in [0.717, 1.165) is 17.0 Å². The van der Waals surface area contributed by atoms with Crippen LogP contribution in [0.1, 0.15) is 21.6 Å². The standard InChI is InChI=1S/C14H14N2O4S/c1-8-3-4-10(5-11(8)13(18)19)15-12(17)6-16-9(2)7-21-14(16)20/h3-5,7H,6H2,1-2H3,(H,15,17)(H,18,19). The number of hydrogen-bond donors (Lipinski definition) is 2. The number of rotatable bonds is 4. The number of hydrogen-bond acceptors (Lipinski definition) is 4. The summed E-state index contributed by atoms with van der Waals surface area (Å²) in [5.74, 6) is -1.42. The summed E-state index contributed by atoms with van der Waals surface area (Å²) in [7, 11) is 0. The predicted molar refractivity (Wildman–Crippen MR) is 80.1 cm³/mol. The van der Waals surface area contributed by atoms with Gasteiger partial charge in [-0.15, -0.1) is 0 Å². The summed E-state index contributed by atoms with van der Waals surface area (Å²) < 4.78 is 1.37. The van der Waals surface area contributed by atoms with Gasteiger partial charge in [0.05, 0.1) is 5.56 Å². The summed E-state index contributed by atoms with van der Waals surface area (Å²) in [6.07, 6.45) is 0. The molecule has 21 heavy (non-hydrogen) atoms. The lowest BCUT2D eigenvalue weighted by atomic mass is 10.1. The molecule has 0 atom stereocenters. The van der Waals surface area contributed by atoms with Crippen molar-refractivity contribution < 1.29 is 14.7 Å². The summed E-state index contributed by atoms with van der Waals surface area (Å²) >= 11 is 1.04. The maximum absolute atomic E-state index is 11.9. The topological polar surface area (TPSA) is 88.4 Å². The van der Waals surface area contributed by atoms with Crippen LogP contribution in [0.15, 0.2) is 28.4 Å². The van der Waals surface area contributed by atoms with Gasteiger partial charge in [0.15, 0.2) is 0 Å². The molecular formula is C14H14N2O4S. The van der Waals surface area contributed by atoms with E-state index in [1.807, 2.05) is 0 Å². The van der Waals surface area contributed by atoms with Crippen molar-refractivity contribution in [1.29, 1.82) is 0 Å². The van der Waals surface area contributed by atoms with Crippen molar-refractivity contribution in [1.82, 2.24) is 4.57 Å². The van der Waals surface area contributed by atoms with Crippen molar-refractivity contribution >= 4 is 28.9 Å². The van der Waals surface area contributed by atoms with Crippen LogP contribution in [0.5, 0.6) is 0 Å². The van der Waals surface area contributed by atoms with E-state index in [1.54, 1.807) is 31.4 Å². The smallest absolute Gasteiger partial charge is 0.336 e. The molecule has 6 nitrogen and oxygen atoms in total. The minimum atomic E-state index is -1.05. The molecule has 2 N–H and O–H groups in total. The van der Waals surface area contributed by atoms with Gasteiger partial charge >= 0.3 is 10.8 Å². The highest BCUT2D eigenvalue weighted by atomic mass is 32.1. The van der Waals surface area contributed by atoms with E-state index in [2.05, 4.69) is 5.32 Å². The highest BCUT2D eigenvalue weighted by Crippen LogP contribution is 2.15. The fraction of sp³-hybridized carbons (Fsp3) is 0.214. The van der Waals surface area contributed by atoms with Crippen LogP contribution in [-0.2, 0) is 11.3 Å². The highest BCUT2D eigenvalue weighted by Gasteiger charge is 2.11. The van der Waals surface area contributed by atoms with Crippen molar-refractivity contribution in [3.8, 4) is 0 Å². The zero-order chi connectivity index (χ0) is 15.6. The quantitative estimate of drug-likeness (QED) is 0.902. The van der Waals surface area contributed by atoms with Gasteiger partial charge in [0.2, 0.25) is 5.91 Å². The van der Waals surface area contributed by atoms with Crippen LogP contribution in [0.25, 0.3) is 0 Å². The molecule has 1 heterocycles. The molecule has 0 spiro atoms. The van der Waals surface area contributed by atoms with Crippen LogP contribution in [0.3, 0.4) is 0 Å². The largest absolute Gasteiger partial charge is 0.478 e. The summed E-state index contributed by atoms with van der Waals surface area (Å²) in [5, 5.41) is 13.3. The zero-order valence-electron chi connectivity index (χ0n) is 11.5. The zero-order valence-corrected chi connectivity index (χ0v) is 12.4. The summed E-state index contributed by atoms with van der Waals surface area (Å²) in [6.45, 7) is 3.34. The van der Waals surface area contributed by atoms with E-state index in [1.165, 1.54) is 10.6 Å². The second-order valence-electron chi connectivity index (χ2n) is 4.61. The van der Waals surface area contributed by atoms with E-state index in [9.17, 15) is 14.4 Å². The molecule has 0 aliphatic carbocycles. The normalized spacial score (nSPS) is 10.4. The van der Waals surface area contributed by atoms with Crippen molar-refractivity contribution in [2.75, 3.05) is 5.32 Å². The Bertz CT molecular complexity index is 761. The minimum absolute atomic E-state index is 0.0928. The highest BCUT2D eigenvalue weighted by molar-refractivity contribution is 7.07. The summed E-state index contributed by atoms with van der Waals surface area (Å²) in [4.78, 5) is 34.3. The number of nitrogens with zero attached hydrogens (tertiary/aromatic N) is 1. The number of carboxylic acids is 1. The van der Waals surface area contributed by atoms with Gasteiger partial charge < -0.3 is 10.4 Å². The lowest BCUT2D eigenvalue weighted by Crippen LogP contribution is -2.25. The number of aromatic carboxylic acids is 1. The molecule has 2 rings (SSSR count). The van der Waals surface area contributed by atoms with Gasteiger partial charge in [0.25, 0.3) is 0 Å². The summed E-state index contributed by atoms with van der Waals surface area (Å²) in [6, 6.07) is 4.66. The minimum Gasteiger partial charge on any atom is -0.478 e. The molecule has 1 aromatic heterocycles. The van der Waals surface area contributed by atoms with Crippen LogP contribution >= 0.6 is 11.3 Å². The van der Waals surface area contributed by atoms with E-state index >= 15 is 0 Å². The fourth-order valence-corrected chi connectivity index (χ4v) is 2.60. The number of thiazole rings is 1. The lowest BCUT2D eigenvalue weighted by Gasteiger charge is -2.09. The third-order valence-electron chi connectivity index (χ3n) is 3.03.